The molecule has 1 aliphatic rings. The number of nitrogens with zero attached hydrogens (tertiary/aromatic N) is 2. The number of carbonyl (C=O) groups excluding carboxylic acids is 1. The Labute approximate surface area is 199 Å². The Morgan fingerprint density at radius 2 is 2.18 bits per heavy atom. The fourth-order valence-corrected chi connectivity index (χ4v) is 4.98. The Morgan fingerprint density at radius 3 is 2.91 bits per heavy atom. The van der Waals surface area contributed by atoms with Crippen molar-refractivity contribution in [1.29, 1.82) is 0 Å². The Morgan fingerprint density at radius 1 is 1.39 bits per heavy atom. The van der Waals surface area contributed by atoms with E-state index in [1.807, 2.05) is 15.2 Å². The third kappa shape index (κ3) is 7.37. The van der Waals surface area contributed by atoms with Crippen LogP contribution < -0.4 is 4.74 Å². The number of carbonyl (C=O) groups is 1. The number of hydrogen-bond acceptors (Lipinski definition) is 6. The van der Waals surface area contributed by atoms with Gasteiger partial charge in [-0.3, -0.25) is 9.69 Å². The predicted octanol–water partition coefficient (Wildman–Crippen LogP) is 3.67. The van der Waals surface area contributed by atoms with Gasteiger partial charge in [-0.25, -0.2) is 4.39 Å². The van der Waals surface area contributed by atoms with E-state index in [9.17, 15) is 14.3 Å². The zero-order chi connectivity index (χ0) is 23.6. The van der Waals surface area contributed by atoms with Crippen LogP contribution in [0.3, 0.4) is 0 Å². The van der Waals surface area contributed by atoms with Crippen LogP contribution in [0.25, 0.3) is 0 Å². The van der Waals surface area contributed by atoms with Crippen molar-refractivity contribution in [3.63, 3.8) is 0 Å². The molecule has 3 rings (SSSR count). The van der Waals surface area contributed by atoms with E-state index in [1.54, 1.807) is 29.5 Å². The van der Waals surface area contributed by atoms with Gasteiger partial charge in [0.2, 0.25) is 5.91 Å². The largest absolute Gasteiger partial charge is 0.491 e. The number of aliphatic hydroxyl groups is 1. The molecule has 6 nitrogen and oxygen atoms in total. The maximum Gasteiger partial charge on any atom is 0.237 e. The van der Waals surface area contributed by atoms with E-state index in [1.165, 1.54) is 17.0 Å². The fraction of sp³-hybridized carbons (Fsp3) is 0.480. The number of fused-ring (bicyclic) bond motifs is 1. The molecule has 1 aliphatic heterocycles. The summed E-state index contributed by atoms with van der Waals surface area (Å²) in [6.07, 6.45) is 2.66. The molecule has 2 atom stereocenters. The fourth-order valence-electron chi connectivity index (χ4n) is 4.05. The van der Waals surface area contributed by atoms with Gasteiger partial charge in [-0.15, -0.1) is 17.9 Å². The minimum atomic E-state index is -0.674. The third-order valence-corrected chi connectivity index (χ3v) is 6.55. The summed E-state index contributed by atoms with van der Waals surface area (Å²) in [6.45, 7) is 8.46. The van der Waals surface area contributed by atoms with Crippen LogP contribution in [-0.2, 0) is 16.0 Å². The Kier molecular flexibility index (Phi) is 9.87. The molecule has 0 radical (unpaired) electrons. The van der Waals surface area contributed by atoms with E-state index in [4.69, 9.17) is 9.47 Å². The highest BCUT2D eigenvalue weighted by Gasteiger charge is 2.33. The topological polar surface area (TPSA) is 62.2 Å². The van der Waals surface area contributed by atoms with Gasteiger partial charge in [0.05, 0.1) is 31.9 Å². The quantitative estimate of drug-likeness (QED) is 0.353. The molecule has 1 N–H and O–H groups in total. The highest BCUT2D eigenvalue weighted by molar-refractivity contribution is 7.10. The zero-order valence-corrected chi connectivity index (χ0v) is 19.9. The van der Waals surface area contributed by atoms with E-state index in [0.717, 1.165) is 18.4 Å². The number of hydrogen-bond donors (Lipinski definition) is 1. The van der Waals surface area contributed by atoms with Gasteiger partial charge in [0.1, 0.15) is 18.2 Å². The lowest BCUT2D eigenvalue weighted by Gasteiger charge is -2.37. The molecule has 180 valence electrons. The maximum atomic E-state index is 13.4. The molecule has 2 aromatic rings. The molecule has 0 unspecified atom stereocenters. The van der Waals surface area contributed by atoms with Crippen molar-refractivity contribution in [2.45, 2.75) is 31.9 Å². The van der Waals surface area contributed by atoms with Crippen molar-refractivity contribution in [2.24, 2.45) is 0 Å². The standard InChI is InChI=1S/C25H33FN2O4S/c1-3-11-27(15-20(29)17-31-13-4-2)16-25(30)28-12-9-24-22(10-14-33-24)23(28)18-32-21-7-5-19(26)6-8-21/h4-8,10,14,20,23,29H,2-3,9,11-13,15-18H2,1H3/t20-,23-/m0/s1. The summed E-state index contributed by atoms with van der Waals surface area (Å²) in [5, 5.41) is 12.4. The molecule has 1 amide bonds. The average molecular weight is 477 g/mol. The van der Waals surface area contributed by atoms with Gasteiger partial charge < -0.3 is 19.5 Å². The molecule has 0 spiro atoms. The molecule has 0 aliphatic carbocycles. The number of thiophene rings is 1. The van der Waals surface area contributed by atoms with Gasteiger partial charge in [0.25, 0.3) is 0 Å². The van der Waals surface area contributed by atoms with Crippen LogP contribution in [0.4, 0.5) is 4.39 Å². The van der Waals surface area contributed by atoms with Crippen LogP contribution in [0.2, 0.25) is 0 Å². The van der Waals surface area contributed by atoms with E-state index < -0.39 is 6.10 Å². The number of rotatable bonds is 13. The van der Waals surface area contributed by atoms with Gasteiger partial charge in [0, 0.05) is 18.0 Å². The molecule has 0 saturated carbocycles. The minimum Gasteiger partial charge on any atom is -0.491 e. The highest BCUT2D eigenvalue weighted by Crippen LogP contribution is 2.34. The van der Waals surface area contributed by atoms with Crippen LogP contribution in [-0.4, -0.2) is 72.9 Å². The van der Waals surface area contributed by atoms with E-state index >= 15 is 0 Å². The number of ether oxygens (including phenoxy) is 2. The van der Waals surface area contributed by atoms with Gasteiger partial charge >= 0.3 is 0 Å². The number of benzene rings is 1. The second kappa shape index (κ2) is 12.8. The number of amides is 1. The second-order valence-corrected chi connectivity index (χ2v) is 9.13. The minimum absolute atomic E-state index is 0.00668. The van der Waals surface area contributed by atoms with Crippen LogP contribution in [0.5, 0.6) is 5.75 Å². The van der Waals surface area contributed by atoms with Crippen LogP contribution in [0.15, 0.2) is 48.4 Å². The second-order valence-electron chi connectivity index (χ2n) is 8.13. The summed E-state index contributed by atoms with van der Waals surface area (Å²) in [6, 6.07) is 7.77. The molecule has 33 heavy (non-hydrogen) atoms. The summed E-state index contributed by atoms with van der Waals surface area (Å²) in [5.41, 5.74) is 1.11. The Hall–Kier alpha value is -2.26. The summed E-state index contributed by atoms with van der Waals surface area (Å²) in [4.78, 5) is 18.5. The van der Waals surface area contributed by atoms with Crippen molar-refractivity contribution in [2.75, 3.05) is 46.0 Å². The lowest BCUT2D eigenvalue weighted by atomic mass is 10.0. The molecule has 1 aromatic carbocycles. The normalized spacial score (nSPS) is 16.5. The molecule has 1 aromatic heterocycles. The van der Waals surface area contributed by atoms with Crippen molar-refractivity contribution < 1.29 is 23.8 Å². The average Bonchev–Trinajstić information content (AvgIpc) is 3.28. The van der Waals surface area contributed by atoms with Crippen LogP contribution in [0.1, 0.15) is 29.8 Å². The predicted molar refractivity (Wildman–Crippen MR) is 128 cm³/mol. The summed E-state index contributed by atoms with van der Waals surface area (Å²) in [5.74, 6) is 0.263. The SMILES string of the molecule is C=CCOC[C@@H](O)CN(CCC)CC(=O)N1CCc2sccc2[C@@H]1COc1ccc(F)cc1. The monoisotopic (exact) mass is 476 g/mol. The highest BCUT2D eigenvalue weighted by atomic mass is 32.1. The van der Waals surface area contributed by atoms with Gasteiger partial charge in [0.15, 0.2) is 0 Å². The first kappa shape index (κ1) is 25.4. The lowest BCUT2D eigenvalue weighted by molar-refractivity contribution is -0.136. The molecule has 2 heterocycles. The Bertz CT molecular complexity index is 889. The van der Waals surface area contributed by atoms with Gasteiger partial charge in [-0.2, -0.15) is 0 Å². The maximum absolute atomic E-state index is 13.4. The molecule has 0 fully saturated rings. The molecule has 0 bridgehead atoms. The first-order chi connectivity index (χ1) is 16.0. The van der Waals surface area contributed by atoms with Crippen LogP contribution in [0, 0.1) is 5.82 Å². The summed E-state index contributed by atoms with van der Waals surface area (Å²) >= 11 is 1.70. The molecule has 0 saturated heterocycles. The van der Waals surface area contributed by atoms with E-state index in [0.29, 0.717) is 38.6 Å². The van der Waals surface area contributed by atoms with Gasteiger partial charge in [-0.1, -0.05) is 13.0 Å². The molecular formula is C25H33FN2O4S. The smallest absolute Gasteiger partial charge is 0.237 e. The van der Waals surface area contributed by atoms with Crippen molar-refractivity contribution in [1.82, 2.24) is 9.80 Å². The van der Waals surface area contributed by atoms with Crippen molar-refractivity contribution in [3.8, 4) is 5.75 Å². The van der Waals surface area contributed by atoms with Gasteiger partial charge in [-0.05, 0) is 60.7 Å². The molecular weight excluding hydrogens is 443 g/mol. The zero-order valence-electron chi connectivity index (χ0n) is 19.1. The molecule has 8 heteroatoms. The summed E-state index contributed by atoms with van der Waals surface area (Å²) < 4.78 is 24.5. The van der Waals surface area contributed by atoms with E-state index in [-0.39, 0.29) is 30.9 Å². The summed E-state index contributed by atoms with van der Waals surface area (Å²) in [7, 11) is 0. The lowest BCUT2D eigenvalue weighted by Crippen LogP contribution is -2.48. The van der Waals surface area contributed by atoms with Crippen molar-refractivity contribution in [3.05, 3.63) is 64.6 Å². The Balaban J connectivity index is 1.66. The number of aliphatic hydroxyl groups excluding tert-OH is 1. The van der Waals surface area contributed by atoms with Crippen molar-refractivity contribution >= 4 is 17.2 Å². The first-order valence-electron chi connectivity index (χ1n) is 11.3. The number of halogens is 1. The van der Waals surface area contributed by atoms with Crippen LogP contribution >= 0.6 is 11.3 Å². The first-order valence-corrected chi connectivity index (χ1v) is 12.2. The van der Waals surface area contributed by atoms with E-state index in [2.05, 4.69) is 19.6 Å². The third-order valence-electron chi connectivity index (χ3n) is 5.55.